The van der Waals surface area contributed by atoms with Crippen LogP contribution in [0.4, 0.5) is 0 Å². The van der Waals surface area contributed by atoms with Gasteiger partial charge in [0.25, 0.3) is 0 Å². The van der Waals surface area contributed by atoms with Gasteiger partial charge in [-0.3, -0.25) is 0 Å². The van der Waals surface area contributed by atoms with E-state index < -0.39 is 0 Å². The quantitative estimate of drug-likeness (QED) is 0.931. The first-order chi connectivity index (χ1) is 9.83. The molecule has 0 aliphatic carbocycles. The van der Waals surface area contributed by atoms with Crippen LogP contribution in [0.5, 0.6) is 0 Å². The number of hydrogen-bond acceptors (Lipinski definition) is 4. The van der Waals surface area contributed by atoms with Crippen LogP contribution >= 0.6 is 11.3 Å². The summed E-state index contributed by atoms with van der Waals surface area (Å²) in [6.07, 6.45) is 5.98. The van der Waals surface area contributed by atoms with Crippen molar-refractivity contribution in [3.8, 4) is 10.4 Å². The van der Waals surface area contributed by atoms with E-state index in [9.17, 15) is 0 Å². The Hall–Kier alpha value is -1.23. The van der Waals surface area contributed by atoms with Gasteiger partial charge >= 0.3 is 0 Å². The van der Waals surface area contributed by atoms with E-state index in [1.54, 1.807) is 11.3 Å². The minimum absolute atomic E-state index is 0.844. The first-order valence-corrected chi connectivity index (χ1v) is 8.14. The predicted molar refractivity (Wildman–Crippen MR) is 84.6 cm³/mol. The maximum atomic E-state index is 4.55. The topological polar surface area (TPSA) is 28.2 Å². The van der Waals surface area contributed by atoms with Crippen molar-refractivity contribution in [3.05, 3.63) is 41.0 Å². The summed E-state index contributed by atoms with van der Waals surface area (Å²) in [7, 11) is 0. The number of thiazole rings is 1. The lowest BCUT2D eigenvalue weighted by Gasteiger charge is -2.26. The molecule has 1 aliphatic rings. The van der Waals surface area contributed by atoms with Crippen LogP contribution < -0.4 is 5.43 Å². The fraction of sp³-hybridized carbons (Fsp3) is 0.438. The van der Waals surface area contributed by atoms with Crippen LogP contribution in [0.15, 0.2) is 30.5 Å². The number of nitrogens with zero attached hydrogens (tertiary/aromatic N) is 2. The molecule has 0 unspecified atom stereocenters. The number of nitrogens with one attached hydrogen (secondary N) is 1. The second-order valence-corrected chi connectivity index (χ2v) is 6.43. The van der Waals surface area contributed by atoms with Crippen molar-refractivity contribution >= 4 is 11.3 Å². The zero-order chi connectivity index (χ0) is 13.8. The second-order valence-electron chi connectivity index (χ2n) is 5.32. The molecule has 1 aromatic carbocycles. The molecule has 1 saturated heterocycles. The van der Waals surface area contributed by atoms with Crippen molar-refractivity contribution < 1.29 is 0 Å². The average molecular weight is 287 g/mol. The summed E-state index contributed by atoms with van der Waals surface area (Å²) in [5.41, 5.74) is 6.11. The van der Waals surface area contributed by atoms with Crippen molar-refractivity contribution in [1.82, 2.24) is 15.4 Å². The van der Waals surface area contributed by atoms with Crippen LogP contribution in [0.2, 0.25) is 0 Å². The second kappa shape index (κ2) is 6.48. The van der Waals surface area contributed by atoms with E-state index in [1.165, 1.54) is 35.3 Å². The largest absolute Gasteiger partial charge is 0.248 e. The fourth-order valence-electron chi connectivity index (χ4n) is 2.60. The van der Waals surface area contributed by atoms with Gasteiger partial charge in [-0.25, -0.2) is 15.4 Å². The number of rotatable bonds is 4. The molecule has 3 rings (SSSR count). The predicted octanol–water partition coefficient (Wildman–Crippen LogP) is 3.61. The normalized spacial score (nSPS) is 16.4. The van der Waals surface area contributed by atoms with Gasteiger partial charge < -0.3 is 0 Å². The van der Waals surface area contributed by atoms with Crippen LogP contribution in [-0.4, -0.2) is 23.1 Å². The third-order valence-electron chi connectivity index (χ3n) is 3.77. The first kappa shape index (κ1) is 13.7. The highest BCUT2D eigenvalue weighted by Gasteiger charge is 2.11. The molecule has 3 nitrogen and oxygen atoms in total. The number of piperidine rings is 1. The molecule has 0 spiro atoms. The highest BCUT2D eigenvalue weighted by molar-refractivity contribution is 7.15. The summed E-state index contributed by atoms with van der Waals surface area (Å²) in [5.74, 6) is 0. The molecule has 0 atom stereocenters. The SMILES string of the molecule is Cc1ccccc1-c1cnc(CNN2CCCCC2)s1. The number of aromatic nitrogens is 1. The Morgan fingerprint density at radius 2 is 2.00 bits per heavy atom. The van der Waals surface area contributed by atoms with Crippen LogP contribution in [0, 0.1) is 6.92 Å². The summed E-state index contributed by atoms with van der Waals surface area (Å²) in [6, 6.07) is 8.50. The Kier molecular flexibility index (Phi) is 4.45. The minimum atomic E-state index is 0.844. The first-order valence-electron chi connectivity index (χ1n) is 7.32. The lowest BCUT2D eigenvalue weighted by Crippen LogP contribution is -2.41. The van der Waals surface area contributed by atoms with Crippen molar-refractivity contribution in [2.45, 2.75) is 32.7 Å². The van der Waals surface area contributed by atoms with Crippen molar-refractivity contribution in [1.29, 1.82) is 0 Å². The van der Waals surface area contributed by atoms with E-state index in [0.29, 0.717) is 0 Å². The molecule has 1 aliphatic heterocycles. The van der Waals surface area contributed by atoms with Gasteiger partial charge in [0.2, 0.25) is 0 Å². The van der Waals surface area contributed by atoms with E-state index >= 15 is 0 Å². The van der Waals surface area contributed by atoms with E-state index in [-0.39, 0.29) is 0 Å². The summed E-state index contributed by atoms with van der Waals surface area (Å²) in [5, 5.41) is 3.49. The zero-order valence-electron chi connectivity index (χ0n) is 11.9. The average Bonchev–Trinajstić information content (AvgIpc) is 2.95. The molecule has 2 aromatic rings. The van der Waals surface area contributed by atoms with Gasteiger partial charge in [0.1, 0.15) is 5.01 Å². The third kappa shape index (κ3) is 3.26. The number of benzene rings is 1. The molecule has 20 heavy (non-hydrogen) atoms. The molecule has 1 fully saturated rings. The highest BCUT2D eigenvalue weighted by atomic mass is 32.1. The highest BCUT2D eigenvalue weighted by Crippen LogP contribution is 2.28. The van der Waals surface area contributed by atoms with Crippen LogP contribution in [0.25, 0.3) is 10.4 Å². The maximum absolute atomic E-state index is 4.55. The van der Waals surface area contributed by atoms with Crippen LogP contribution in [-0.2, 0) is 6.54 Å². The Labute approximate surface area is 124 Å². The Morgan fingerprint density at radius 1 is 1.20 bits per heavy atom. The fourth-order valence-corrected chi connectivity index (χ4v) is 3.54. The van der Waals surface area contributed by atoms with Gasteiger partial charge in [-0.1, -0.05) is 30.7 Å². The van der Waals surface area contributed by atoms with Crippen LogP contribution in [0.1, 0.15) is 29.8 Å². The lowest BCUT2D eigenvalue weighted by molar-refractivity contribution is 0.151. The molecular formula is C16H21N3S. The zero-order valence-corrected chi connectivity index (χ0v) is 12.7. The van der Waals surface area contributed by atoms with Gasteiger partial charge in [-0.15, -0.1) is 11.3 Å². The molecule has 0 amide bonds. The molecule has 4 heteroatoms. The number of hydrazine groups is 1. The van der Waals surface area contributed by atoms with Crippen LogP contribution in [0.3, 0.4) is 0 Å². The number of hydrogen-bond donors (Lipinski definition) is 1. The van der Waals surface area contributed by atoms with E-state index in [4.69, 9.17) is 0 Å². The standard InChI is InChI=1S/C16H21N3S/c1-13-7-3-4-8-14(13)15-11-17-16(20-15)12-18-19-9-5-2-6-10-19/h3-4,7-8,11,18H,2,5-6,9-10,12H2,1H3. The molecule has 2 heterocycles. The molecule has 106 valence electrons. The summed E-state index contributed by atoms with van der Waals surface area (Å²) in [4.78, 5) is 5.81. The van der Waals surface area contributed by atoms with Crippen molar-refractivity contribution in [2.75, 3.05) is 13.1 Å². The van der Waals surface area contributed by atoms with E-state index in [0.717, 1.165) is 24.6 Å². The summed E-state index contributed by atoms with van der Waals surface area (Å²) < 4.78 is 0. The molecule has 1 N–H and O–H groups in total. The minimum Gasteiger partial charge on any atom is -0.248 e. The maximum Gasteiger partial charge on any atom is 0.108 e. The van der Waals surface area contributed by atoms with Crippen molar-refractivity contribution in [3.63, 3.8) is 0 Å². The van der Waals surface area contributed by atoms with Gasteiger partial charge in [0.05, 0.1) is 11.4 Å². The monoisotopic (exact) mass is 287 g/mol. The summed E-state index contributed by atoms with van der Waals surface area (Å²) >= 11 is 1.79. The van der Waals surface area contributed by atoms with Gasteiger partial charge in [0, 0.05) is 19.3 Å². The third-order valence-corrected chi connectivity index (χ3v) is 4.80. The number of aryl methyl sites for hydroxylation is 1. The Morgan fingerprint density at radius 3 is 2.80 bits per heavy atom. The molecule has 1 aromatic heterocycles. The molecule has 0 bridgehead atoms. The Balaban J connectivity index is 1.63. The molecule has 0 radical (unpaired) electrons. The smallest absolute Gasteiger partial charge is 0.108 e. The lowest BCUT2D eigenvalue weighted by atomic mass is 10.1. The molecule has 0 saturated carbocycles. The van der Waals surface area contributed by atoms with Gasteiger partial charge in [-0.2, -0.15) is 0 Å². The van der Waals surface area contributed by atoms with Gasteiger partial charge in [0.15, 0.2) is 0 Å². The van der Waals surface area contributed by atoms with Crippen molar-refractivity contribution in [2.24, 2.45) is 0 Å². The summed E-state index contributed by atoms with van der Waals surface area (Å²) in [6.45, 7) is 5.32. The Bertz CT molecular complexity index is 558. The van der Waals surface area contributed by atoms with Gasteiger partial charge in [-0.05, 0) is 30.9 Å². The molecular weight excluding hydrogens is 266 g/mol. The van der Waals surface area contributed by atoms with E-state index in [1.807, 2.05) is 6.20 Å². The van der Waals surface area contributed by atoms with E-state index in [2.05, 4.69) is 46.6 Å².